The fourth-order valence-corrected chi connectivity index (χ4v) is 2.58. The molecular weight excluding hydrogens is 222 g/mol. The number of rotatable bonds is 2. The Balaban J connectivity index is 2.38. The standard InChI is InChI=1S/C13H14ClNO/c14-12-6-4-11(5-7-12)13(15-10-16)8-2-1-3-9-13/h4-7H,1-3,8-9H2. The zero-order valence-corrected chi connectivity index (χ0v) is 9.83. The first-order valence-corrected chi connectivity index (χ1v) is 6.00. The van der Waals surface area contributed by atoms with Crippen molar-refractivity contribution >= 4 is 17.7 Å². The Morgan fingerprint density at radius 3 is 2.31 bits per heavy atom. The highest BCUT2D eigenvalue weighted by Crippen LogP contribution is 2.40. The summed E-state index contributed by atoms with van der Waals surface area (Å²) in [6, 6.07) is 7.64. The number of isocyanates is 1. The van der Waals surface area contributed by atoms with Gasteiger partial charge in [0.05, 0.1) is 5.54 Å². The normalized spacial score (nSPS) is 18.8. The average Bonchev–Trinajstić information content (AvgIpc) is 2.31. The Morgan fingerprint density at radius 2 is 1.75 bits per heavy atom. The summed E-state index contributed by atoms with van der Waals surface area (Å²) in [5, 5.41) is 0.713. The molecule has 0 radical (unpaired) electrons. The van der Waals surface area contributed by atoms with Gasteiger partial charge in [-0.05, 0) is 30.5 Å². The van der Waals surface area contributed by atoms with Gasteiger partial charge in [-0.25, -0.2) is 4.79 Å². The third kappa shape index (κ3) is 2.18. The molecule has 0 saturated heterocycles. The Bertz CT molecular complexity index is 400. The summed E-state index contributed by atoms with van der Waals surface area (Å²) < 4.78 is 0. The third-order valence-electron chi connectivity index (χ3n) is 3.32. The van der Waals surface area contributed by atoms with Crippen molar-refractivity contribution in [2.75, 3.05) is 0 Å². The largest absolute Gasteiger partial charge is 0.235 e. The Morgan fingerprint density at radius 1 is 1.12 bits per heavy atom. The zero-order valence-electron chi connectivity index (χ0n) is 9.08. The molecule has 0 spiro atoms. The van der Waals surface area contributed by atoms with E-state index in [4.69, 9.17) is 11.6 Å². The molecule has 0 N–H and O–H groups in total. The van der Waals surface area contributed by atoms with Gasteiger partial charge in [0.2, 0.25) is 6.08 Å². The summed E-state index contributed by atoms with van der Waals surface area (Å²) in [5.74, 6) is 0. The molecule has 1 saturated carbocycles. The molecule has 1 aromatic carbocycles. The molecule has 0 unspecified atom stereocenters. The molecule has 1 aliphatic rings. The van der Waals surface area contributed by atoms with Crippen LogP contribution in [0.3, 0.4) is 0 Å². The van der Waals surface area contributed by atoms with Crippen LogP contribution in [-0.4, -0.2) is 6.08 Å². The van der Waals surface area contributed by atoms with Crippen molar-refractivity contribution in [2.45, 2.75) is 37.6 Å². The first-order chi connectivity index (χ1) is 7.77. The van der Waals surface area contributed by atoms with Crippen molar-refractivity contribution < 1.29 is 4.79 Å². The van der Waals surface area contributed by atoms with Gasteiger partial charge in [0.25, 0.3) is 0 Å². The number of hydrogen-bond donors (Lipinski definition) is 0. The van der Waals surface area contributed by atoms with E-state index in [-0.39, 0.29) is 5.54 Å². The van der Waals surface area contributed by atoms with E-state index in [0.29, 0.717) is 5.02 Å². The quantitative estimate of drug-likeness (QED) is 0.566. The van der Waals surface area contributed by atoms with Crippen LogP contribution in [0.25, 0.3) is 0 Å². The number of carbonyl (C=O) groups excluding carboxylic acids is 1. The Hall–Kier alpha value is -1.11. The maximum atomic E-state index is 10.6. The summed E-state index contributed by atoms with van der Waals surface area (Å²) in [6.45, 7) is 0. The molecule has 2 nitrogen and oxygen atoms in total. The predicted octanol–water partition coefficient (Wildman–Crippen LogP) is 3.84. The first-order valence-electron chi connectivity index (χ1n) is 5.62. The van der Waals surface area contributed by atoms with Gasteiger partial charge >= 0.3 is 0 Å². The molecule has 1 fully saturated rings. The first kappa shape index (κ1) is 11.4. The van der Waals surface area contributed by atoms with Crippen molar-refractivity contribution in [3.8, 4) is 0 Å². The van der Waals surface area contributed by atoms with Gasteiger partial charge < -0.3 is 0 Å². The lowest BCUT2D eigenvalue weighted by Crippen LogP contribution is -2.26. The topological polar surface area (TPSA) is 29.4 Å². The Kier molecular flexibility index (Phi) is 3.42. The number of halogens is 1. The lowest BCUT2D eigenvalue weighted by Gasteiger charge is -2.32. The van der Waals surface area contributed by atoms with Crippen LogP contribution in [0.4, 0.5) is 0 Å². The van der Waals surface area contributed by atoms with E-state index in [2.05, 4.69) is 4.99 Å². The molecule has 2 rings (SSSR count). The van der Waals surface area contributed by atoms with Crippen molar-refractivity contribution in [2.24, 2.45) is 4.99 Å². The van der Waals surface area contributed by atoms with Gasteiger partial charge in [0, 0.05) is 5.02 Å². The van der Waals surface area contributed by atoms with Gasteiger partial charge in [-0.3, -0.25) is 0 Å². The second-order valence-corrected chi connectivity index (χ2v) is 4.74. The molecule has 1 aliphatic carbocycles. The third-order valence-corrected chi connectivity index (χ3v) is 3.57. The van der Waals surface area contributed by atoms with Crippen molar-refractivity contribution in [3.63, 3.8) is 0 Å². The minimum absolute atomic E-state index is 0.343. The van der Waals surface area contributed by atoms with E-state index in [1.807, 2.05) is 24.3 Å². The van der Waals surface area contributed by atoms with E-state index in [9.17, 15) is 4.79 Å². The van der Waals surface area contributed by atoms with E-state index in [0.717, 1.165) is 31.2 Å². The Labute approximate surface area is 100 Å². The van der Waals surface area contributed by atoms with E-state index >= 15 is 0 Å². The SMILES string of the molecule is O=C=NC1(c2ccc(Cl)cc2)CCCCC1. The number of benzene rings is 1. The maximum absolute atomic E-state index is 10.6. The zero-order chi connectivity index (χ0) is 11.4. The molecule has 3 heteroatoms. The van der Waals surface area contributed by atoms with Crippen LogP contribution in [0.1, 0.15) is 37.7 Å². The lowest BCUT2D eigenvalue weighted by atomic mass is 9.77. The number of nitrogens with zero attached hydrogens (tertiary/aromatic N) is 1. The molecular formula is C13H14ClNO. The highest BCUT2D eigenvalue weighted by molar-refractivity contribution is 6.30. The molecule has 16 heavy (non-hydrogen) atoms. The molecule has 0 aliphatic heterocycles. The highest BCUT2D eigenvalue weighted by atomic mass is 35.5. The smallest absolute Gasteiger partial charge is 0.211 e. The monoisotopic (exact) mass is 235 g/mol. The van der Waals surface area contributed by atoms with Gasteiger partial charge in [0.15, 0.2) is 0 Å². The molecule has 84 valence electrons. The molecule has 1 aromatic rings. The fourth-order valence-electron chi connectivity index (χ4n) is 2.45. The van der Waals surface area contributed by atoms with Crippen LogP contribution in [0.5, 0.6) is 0 Å². The maximum Gasteiger partial charge on any atom is 0.235 e. The molecule has 0 aromatic heterocycles. The van der Waals surface area contributed by atoms with E-state index in [1.54, 1.807) is 6.08 Å². The lowest BCUT2D eigenvalue weighted by molar-refractivity contribution is 0.304. The molecule has 0 heterocycles. The fraction of sp³-hybridized carbons (Fsp3) is 0.462. The van der Waals surface area contributed by atoms with Crippen LogP contribution in [0.2, 0.25) is 5.02 Å². The molecule has 0 amide bonds. The molecule has 0 bridgehead atoms. The van der Waals surface area contributed by atoms with Crippen LogP contribution in [0.15, 0.2) is 29.3 Å². The summed E-state index contributed by atoms with van der Waals surface area (Å²) in [6.07, 6.45) is 7.07. The van der Waals surface area contributed by atoms with Crippen LogP contribution in [0, 0.1) is 0 Å². The summed E-state index contributed by atoms with van der Waals surface area (Å²) >= 11 is 5.87. The van der Waals surface area contributed by atoms with Crippen LogP contribution < -0.4 is 0 Å². The van der Waals surface area contributed by atoms with Crippen molar-refractivity contribution in [3.05, 3.63) is 34.9 Å². The highest BCUT2D eigenvalue weighted by Gasteiger charge is 2.33. The minimum Gasteiger partial charge on any atom is -0.211 e. The average molecular weight is 236 g/mol. The predicted molar refractivity (Wildman–Crippen MR) is 64.3 cm³/mol. The van der Waals surface area contributed by atoms with Crippen molar-refractivity contribution in [1.29, 1.82) is 0 Å². The summed E-state index contributed by atoms with van der Waals surface area (Å²) in [7, 11) is 0. The van der Waals surface area contributed by atoms with Crippen molar-refractivity contribution in [1.82, 2.24) is 0 Å². The van der Waals surface area contributed by atoms with E-state index in [1.165, 1.54) is 6.42 Å². The second kappa shape index (κ2) is 4.82. The number of hydrogen-bond acceptors (Lipinski definition) is 2. The second-order valence-electron chi connectivity index (χ2n) is 4.30. The minimum atomic E-state index is -0.343. The number of aliphatic imine (C=N–C) groups is 1. The molecule has 0 atom stereocenters. The van der Waals surface area contributed by atoms with Crippen LogP contribution >= 0.6 is 11.6 Å². The van der Waals surface area contributed by atoms with Gasteiger partial charge in [-0.15, -0.1) is 0 Å². The van der Waals surface area contributed by atoms with E-state index < -0.39 is 0 Å². The van der Waals surface area contributed by atoms with Gasteiger partial charge in [0.1, 0.15) is 0 Å². The van der Waals surface area contributed by atoms with Gasteiger partial charge in [-0.2, -0.15) is 4.99 Å². The summed E-state index contributed by atoms with van der Waals surface area (Å²) in [5.41, 5.74) is 0.741. The summed E-state index contributed by atoms with van der Waals surface area (Å²) in [4.78, 5) is 14.7. The van der Waals surface area contributed by atoms with Gasteiger partial charge in [-0.1, -0.05) is 43.0 Å². The van der Waals surface area contributed by atoms with Crippen LogP contribution in [-0.2, 0) is 10.3 Å².